The van der Waals surface area contributed by atoms with Gasteiger partial charge in [-0.1, -0.05) is 43.2 Å². The second-order valence-electron chi connectivity index (χ2n) is 5.10. The number of aliphatic hydroxyl groups is 2. The highest BCUT2D eigenvalue weighted by molar-refractivity contribution is 5.30. The molecular weight excluding hydrogens is 212 g/mol. The Morgan fingerprint density at radius 3 is 2.00 bits per heavy atom. The molecule has 0 heterocycles. The molecule has 2 nitrogen and oxygen atoms in total. The van der Waals surface area contributed by atoms with Gasteiger partial charge in [-0.15, -0.1) is 0 Å². The van der Waals surface area contributed by atoms with Crippen molar-refractivity contribution in [2.45, 2.75) is 58.7 Å². The molecule has 0 aliphatic carbocycles. The van der Waals surface area contributed by atoms with Gasteiger partial charge in [-0.3, -0.25) is 0 Å². The fourth-order valence-corrected chi connectivity index (χ4v) is 2.22. The molecule has 96 valence electrons. The van der Waals surface area contributed by atoms with Crippen LogP contribution in [0.1, 0.15) is 49.3 Å². The highest BCUT2D eigenvalue weighted by Crippen LogP contribution is 2.24. The molecule has 0 saturated carbocycles. The molecule has 0 fully saturated rings. The van der Waals surface area contributed by atoms with E-state index in [0.717, 1.165) is 0 Å². The molecule has 0 spiro atoms. The van der Waals surface area contributed by atoms with E-state index in [2.05, 4.69) is 39.0 Å². The van der Waals surface area contributed by atoms with E-state index in [0.29, 0.717) is 12.8 Å². The van der Waals surface area contributed by atoms with Crippen molar-refractivity contribution in [3.63, 3.8) is 0 Å². The maximum Gasteiger partial charge on any atom is 0.0804 e. The van der Waals surface area contributed by atoms with Crippen LogP contribution in [0, 0.1) is 13.8 Å². The van der Waals surface area contributed by atoms with Crippen molar-refractivity contribution in [3.05, 3.63) is 34.9 Å². The Kier molecular flexibility index (Phi) is 5.16. The first kappa shape index (κ1) is 14.2. The van der Waals surface area contributed by atoms with Crippen molar-refractivity contribution < 1.29 is 10.2 Å². The van der Waals surface area contributed by atoms with E-state index in [-0.39, 0.29) is 5.92 Å². The van der Waals surface area contributed by atoms with Gasteiger partial charge in [0.15, 0.2) is 0 Å². The topological polar surface area (TPSA) is 40.5 Å². The van der Waals surface area contributed by atoms with Gasteiger partial charge in [-0.2, -0.15) is 0 Å². The van der Waals surface area contributed by atoms with Crippen molar-refractivity contribution in [3.8, 4) is 0 Å². The number of aryl methyl sites for hydroxylation is 2. The van der Waals surface area contributed by atoms with Crippen LogP contribution >= 0.6 is 0 Å². The minimum atomic E-state index is -0.629. The Bertz CT molecular complexity index is 340. The molecule has 1 aromatic rings. The number of rotatable bonds is 5. The highest BCUT2D eigenvalue weighted by Gasteiger charge is 2.18. The molecule has 2 heteroatoms. The molecule has 17 heavy (non-hydrogen) atoms. The third-order valence-corrected chi connectivity index (χ3v) is 3.27. The average molecular weight is 236 g/mol. The Labute approximate surface area is 104 Å². The zero-order valence-corrected chi connectivity index (χ0v) is 11.3. The van der Waals surface area contributed by atoms with E-state index >= 15 is 0 Å². The van der Waals surface area contributed by atoms with Gasteiger partial charge in [0.05, 0.1) is 12.2 Å². The third kappa shape index (κ3) is 4.14. The fourth-order valence-electron chi connectivity index (χ4n) is 2.22. The molecule has 0 aliphatic heterocycles. The van der Waals surface area contributed by atoms with Gasteiger partial charge < -0.3 is 10.2 Å². The molecule has 0 bridgehead atoms. The lowest BCUT2D eigenvalue weighted by atomic mass is 9.90. The number of hydrogen-bond donors (Lipinski definition) is 2. The van der Waals surface area contributed by atoms with Gasteiger partial charge in [-0.05, 0) is 38.2 Å². The van der Waals surface area contributed by atoms with Gasteiger partial charge in [0.25, 0.3) is 0 Å². The first-order valence-electron chi connectivity index (χ1n) is 6.38. The third-order valence-electron chi connectivity index (χ3n) is 3.27. The SMILES string of the molecule is CCC(O)C(O)CC(C)c1cc(C)cc(C)c1. The Morgan fingerprint density at radius 2 is 1.53 bits per heavy atom. The van der Waals surface area contributed by atoms with Gasteiger partial charge in [0.2, 0.25) is 0 Å². The van der Waals surface area contributed by atoms with E-state index in [4.69, 9.17) is 0 Å². The van der Waals surface area contributed by atoms with Crippen LogP contribution in [-0.4, -0.2) is 22.4 Å². The zero-order chi connectivity index (χ0) is 13.0. The quantitative estimate of drug-likeness (QED) is 0.825. The van der Waals surface area contributed by atoms with Gasteiger partial charge >= 0.3 is 0 Å². The normalized spacial score (nSPS) is 16.6. The molecule has 1 rings (SSSR count). The van der Waals surface area contributed by atoms with Crippen LogP contribution in [0.5, 0.6) is 0 Å². The number of hydrogen-bond acceptors (Lipinski definition) is 2. The monoisotopic (exact) mass is 236 g/mol. The molecule has 3 atom stereocenters. The standard InChI is InChI=1S/C15H24O2/c1-5-14(16)15(17)9-12(4)13-7-10(2)6-11(3)8-13/h6-8,12,14-17H,5,9H2,1-4H3. The summed E-state index contributed by atoms with van der Waals surface area (Å²) in [4.78, 5) is 0. The van der Waals surface area contributed by atoms with Crippen LogP contribution in [0.2, 0.25) is 0 Å². The molecule has 3 unspecified atom stereocenters. The fraction of sp³-hybridized carbons (Fsp3) is 0.600. The predicted octanol–water partition coefficient (Wildman–Crippen LogP) is 2.93. The van der Waals surface area contributed by atoms with E-state index in [9.17, 15) is 10.2 Å². The van der Waals surface area contributed by atoms with E-state index in [1.807, 2.05) is 6.92 Å². The van der Waals surface area contributed by atoms with Crippen LogP contribution in [0.4, 0.5) is 0 Å². The first-order valence-corrected chi connectivity index (χ1v) is 6.38. The lowest BCUT2D eigenvalue weighted by Gasteiger charge is -2.21. The molecule has 0 saturated heterocycles. The lowest BCUT2D eigenvalue weighted by Crippen LogP contribution is -2.26. The number of aliphatic hydroxyl groups excluding tert-OH is 2. The summed E-state index contributed by atoms with van der Waals surface area (Å²) in [7, 11) is 0. The van der Waals surface area contributed by atoms with Gasteiger partial charge in [0, 0.05) is 0 Å². The van der Waals surface area contributed by atoms with Crippen molar-refractivity contribution in [1.82, 2.24) is 0 Å². The minimum Gasteiger partial charge on any atom is -0.390 e. The summed E-state index contributed by atoms with van der Waals surface area (Å²) < 4.78 is 0. The molecule has 0 amide bonds. The number of benzene rings is 1. The predicted molar refractivity (Wildman–Crippen MR) is 71.3 cm³/mol. The van der Waals surface area contributed by atoms with Crippen molar-refractivity contribution in [2.75, 3.05) is 0 Å². The van der Waals surface area contributed by atoms with E-state index in [1.54, 1.807) is 0 Å². The summed E-state index contributed by atoms with van der Waals surface area (Å²) in [5.41, 5.74) is 3.74. The second kappa shape index (κ2) is 6.18. The molecular formula is C15H24O2. The molecule has 2 N–H and O–H groups in total. The maximum atomic E-state index is 9.84. The van der Waals surface area contributed by atoms with E-state index < -0.39 is 12.2 Å². The molecule has 0 radical (unpaired) electrons. The van der Waals surface area contributed by atoms with Crippen LogP contribution in [0.3, 0.4) is 0 Å². The summed E-state index contributed by atoms with van der Waals surface area (Å²) in [6.07, 6.45) is -0.0299. The highest BCUT2D eigenvalue weighted by atomic mass is 16.3. The minimum absolute atomic E-state index is 0.268. The summed E-state index contributed by atoms with van der Waals surface area (Å²) in [6, 6.07) is 6.46. The van der Waals surface area contributed by atoms with Crippen LogP contribution < -0.4 is 0 Å². The zero-order valence-electron chi connectivity index (χ0n) is 11.3. The Morgan fingerprint density at radius 1 is 1.00 bits per heavy atom. The smallest absolute Gasteiger partial charge is 0.0804 e. The van der Waals surface area contributed by atoms with Gasteiger partial charge in [0.1, 0.15) is 0 Å². The molecule has 0 aromatic heterocycles. The van der Waals surface area contributed by atoms with Crippen LogP contribution in [0.15, 0.2) is 18.2 Å². The first-order chi connectivity index (χ1) is 7.93. The van der Waals surface area contributed by atoms with Crippen molar-refractivity contribution >= 4 is 0 Å². The summed E-state index contributed by atoms with van der Waals surface area (Å²) in [5, 5.41) is 19.4. The maximum absolute atomic E-state index is 9.84. The lowest BCUT2D eigenvalue weighted by molar-refractivity contribution is 0.00953. The van der Waals surface area contributed by atoms with Crippen molar-refractivity contribution in [2.24, 2.45) is 0 Å². The van der Waals surface area contributed by atoms with Gasteiger partial charge in [-0.25, -0.2) is 0 Å². The summed E-state index contributed by atoms with van der Waals surface area (Å²) in [5.74, 6) is 0.268. The van der Waals surface area contributed by atoms with Crippen LogP contribution in [-0.2, 0) is 0 Å². The second-order valence-corrected chi connectivity index (χ2v) is 5.10. The van der Waals surface area contributed by atoms with E-state index in [1.165, 1.54) is 16.7 Å². The summed E-state index contributed by atoms with van der Waals surface area (Å²) >= 11 is 0. The molecule has 1 aromatic carbocycles. The van der Waals surface area contributed by atoms with Crippen LogP contribution in [0.25, 0.3) is 0 Å². The van der Waals surface area contributed by atoms with Crippen molar-refractivity contribution in [1.29, 1.82) is 0 Å². The Hall–Kier alpha value is -0.860. The Balaban J connectivity index is 2.72. The molecule has 0 aliphatic rings. The largest absolute Gasteiger partial charge is 0.390 e. The summed E-state index contributed by atoms with van der Waals surface area (Å²) in [6.45, 7) is 8.15. The average Bonchev–Trinajstić information content (AvgIpc) is 2.26.